The van der Waals surface area contributed by atoms with E-state index in [1.807, 2.05) is 12.1 Å². The highest BCUT2D eigenvalue weighted by atomic mass is 35.5. The molecule has 2 aromatic heterocycles. The summed E-state index contributed by atoms with van der Waals surface area (Å²) in [5, 5.41) is 3.55. The van der Waals surface area contributed by atoms with Crippen LogP contribution in [-0.4, -0.2) is 20.9 Å². The molecule has 21 heavy (non-hydrogen) atoms. The van der Waals surface area contributed by atoms with Crippen LogP contribution < -0.4 is 11.1 Å². The Balaban J connectivity index is 1.96. The largest absolute Gasteiger partial charge is 0.397 e. The molecular weight excluding hydrogens is 313 g/mol. The first-order valence-electron chi connectivity index (χ1n) is 5.91. The van der Waals surface area contributed by atoms with E-state index in [-0.39, 0.29) is 16.0 Å². The number of aromatic amines is 1. The molecule has 3 aromatic rings. The number of benzene rings is 1. The van der Waals surface area contributed by atoms with Gasteiger partial charge in [0.2, 0.25) is 0 Å². The maximum atomic E-state index is 12.2. The van der Waals surface area contributed by atoms with Crippen LogP contribution in [0.2, 0.25) is 10.3 Å². The topological polar surface area (TPSA) is 96.7 Å². The summed E-state index contributed by atoms with van der Waals surface area (Å²) in [7, 11) is 0. The molecule has 3 rings (SSSR count). The highest BCUT2D eigenvalue weighted by Crippen LogP contribution is 2.27. The molecule has 106 valence electrons. The van der Waals surface area contributed by atoms with Gasteiger partial charge in [-0.25, -0.2) is 9.97 Å². The van der Waals surface area contributed by atoms with Crippen LogP contribution in [0.25, 0.3) is 10.9 Å². The summed E-state index contributed by atoms with van der Waals surface area (Å²) in [6.45, 7) is 0. The number of hydrogen-bond acceptors (Lipinski definition) is 4. The van der Waals surface area contributed by atoms with Gasteiger partial charge < -0.3 is 16.0 Å². The number of fused-ring (bicyclic) bond motifs is 1. The van der Waals surface area contributed by atoms with Gasteiger partial charge in [-0.05, 0) is 12.1 Å². The minimum Gasteiger partial charge on any atom is -0.397 e. The Morgan fingerprint density at radius 2 is 1.95 bits per heavy atom. The molecule has 0 fully saturated rings. The number of aromatic nitrogens is 3. The van der Waals surface area contributed by atoms with Gasteiger partial charge in [-0.2, -0.15) is 0 Å². The first-order valence-corrected chi connectivity index (χ1v) is 6.66. The van der Waals surface area contributed by atoms with Crippen molar-refractivity contribution >= 4 is 51.4 Å². The van der Waals surface area contributed by atoms with E-state index in [2.05, 4.69) is 20.3 Å². The average molecular weight is 322 g/mol. The Bertz CT molecular complexity index is 825. The lowest BCUT2D eigenvalue weighted by atomic mass is 10.2. The Kier molecular flexibility index (Phi) is 3.40. The van der Waals surface area contributed by atoms with Crippen LogP contribution in [0.3, 0.4) is 0 Å². The molecule has 8 heteroatoms. The molecule has 0 saturated heterocycles. The number of nitrogens with one attached hydrogen (secondary N) is 2. The first-order chi connectivity index (χ1) is 10.1. The van der Waals surface area contributed by atoms with Crippen molar-refractivity contribution in [1.82, 2.24) is 15.0 Å². The van der Waals surface area contributed by atoms with Gasteiger partial charge in [0.25, 0.3) is 5.91 Å². The maximum Gasteiger partial charge on any atom is 0.272 e. The van der Waals surface area contributed by atoms with Gasteiger partial charge in [0.1, 0.15) is 17.7 Å². The van der Waals surface area contributed by atoms with E-state index in [0.29, 0.717) is 16.9 Å². The van der Waals surface area contributed by atoms with E-state index in [4.69, 9.17) is 28.9 Å². The van der Waals surface area contributed by atoms with Crippen LogP contribution in [0.4, 0.5) is 11.4 Å². The zero-order valence-corrected chi connectivity index (χ0v) is 12.0. The molecule has 0 bridgehead atoms. The number of H-pyrrole nitrogens is 1. The van der Waals surface area contributed by atoms with Crippen molar-refractivity contribution in [2.24, 2.45) is 0 Å². The van der Waals surface area contributed by atoms with Gasteiger partial charge in [-0.15, -0.1) is 0 Å². The molecule has 0 saturated carbocycles. The second-order valence-corrected chi connectivity index (χ2v) is 4.99. The Morgan fingerprint density at radius 3 is 2.62 bits per heavy atom. The molecule has 4 N–H and O–H groups in total. The van der Waals surface area contributed by atoms with Crippen molar-refractivity contribution in [2.75, 3.05) is 11.1 Å². The molecule has 0 radical (unpaired) electrons. The van der Waals surface area contributed by atoms with Crippen LogP contribution in [0.1, 0.15) is 10.5 Å². The minimum absolute atomic E-state index is 0.0685. The second kappa shape index (κ2) is 5.23. The fourth-order valence-electron chi connectivity index (χ4n) is 1.93. The first kappa shape index (κ1) is 13.7. The smallest absolute Gasteiger partial charge is 0.272 e. The number of carbonyl (C=O) groups excluding carboxylic acids is 1. The molecule has 1 aromatic carbocycles. The lowest BCUT2D eigenvalue weighted by Gasteiger charge is -2.06. The SMILES string of the molecule is Nc1cccc2cc(C(=O)Nc3c(Cl)ncnc3Cl)[nH]c12. The number of nitrogen functional groups attached to an aromatic ring is 1. The molecular formula is C13H9Cl2N5O. The summed E-state index contributed by atoms with van der Waals surface area (Å²) in [5.74, 6) is -0.413. The van der Waals surface area contributed by atoms with Crippen LogP contribution in [0.5, 0.6) is 0 Å². The summed E-state index contributed by atoms with van der Waals surface area (Å²) in [5.41, 5.74) is 7.60. The van der Waals surface area contributed by atoms with Gasteiger partial charge in [0, 0.05) is 5.39 Å². The van der Waals surface area contributed by atoms with Gasteiger partial charge >= 0.3 is 0 Å². The minimum atomic E-state index is -0.413. The number of amides is 1. The molecule has 0 unspecified atom stereocenters. The van der Waals surface area contributed by atoms with E-state index < -0.39 is 5.91 Å². The van der Waals surface area contributed by atoms with E-state index in [1.165, 1.54) is 6.33 Å². The predicted octanol–water partition coefficient (Wildman–Crippen LogP) is 3.10. The zero-order valence-electron chi connectivity index (χ0n) is 10.5. The summed E-state index contributed by atoms with van der Waals surface area (Å²) >= 11 is 11.8. The third-order valence-electron chi connectivity index (χ3n) is 2.93. The Hall–Kier alpha value is -2.31. The molecule has 2 heterocycles. The van der Waals surface area contributed by atoms with Crippen molar-refractivity contribution < 1.29 is 4.79 Å². The van der Waals surface area contributed by atoms with E-state index >= 15 is 0 Å². The number of nitrogens with two attached hydrogens (primary N) is 1. The van der Waals surface area contributed by atoms with Crippen LogP contribution in [-0.2, 0) is 0 Å². The number of halogens is 2. The predicted molar refractivity (Wildman–Crippen MR) is 82.7 cm³/mol. The number of hydrogen-bond donors (Lipinski definition) is 3. The zero-order chi connectivity index (χ0) is 15.0. The van der Waals surface area contributed by atoms with Crippen LogP contribution in [0.15, 0.2) is 30.6 Å². The number of nitrogens with zero attached hydrogens (tertiary/aromatic N) is 2. The van der Waals surface area contributed by atoms with Crippen molar-refractivity contribution in [3.05, 3.63) is 46.6 Å². The average Bonchev–Trinajstić information content (AvgIpc) is 2.88. The number of carbonyl (C=O) groups is 1. The van der Waals surface area contributed by atoms with E-state index in [1.54, 1.807) is 12.1 Å². The summed E-state index contributed by atoms with van der Waals surface area (Å²) < 4.78 is 0. The quantitative estimate of drug-likeness (QED) is 0.499. The molecule has 1 amide bonds. The van der Waals surface area contributed by atoms with Gasteiger partial charge in [-0.3, -0.25) is 4.79 Å². The van der Waals surface area contributed by atoms with Gasteiger partial charge in [0.15, 0.2) is 10.3 Å². The lowest BCUT2D eigenvalue weighted by Crippen LogP contribution is -2.13. The van der Waals surface area contributed by atoms with Crippen molar-refractivity contribution in [3.8, 4) is 0 Å². The summed E-state index contributed by atoms with van der Waals surface area (Å²) in [6, 6.07) is 7.10. The summed E-state index contributed by atoms with van der Waals surface area (Å²) in [4.78, 5) is 22.7. The fourth-order valence-corrected chi connectivity index (χ4v) is 2.34. The fraction of sp³-hybridized carbons (Fsp3) is 0. The summed E-state index contributed by atoms with van der Waals surface area (Å²) in [6.07, 6.45) is 1.21. The third kappa shape index (κ3) is 2.51. The molecule has 0 aliphatic heterocycles. The number of rotatable bonds is 2. The second-order valence-electron chi connectivity index (χ2n) is 4.28. The highest BCUT2D eigenvalue weighted by Gasteiger charge is 2.15. The van der Waals surface area contributed by atoms with Crippen molar-refractivity contribution in [3.63, 3.8) is 0 Å². The lowest BCUT2D eigenvalue weighted by molar-refractivity contribution is 0.102. The van der Waals surface area contributed by atoms with E-state index in [0.717, 1.165) is 5.39 Å². The van der Waals surface area contributed by atoms with Gasteiger partial charge in [-0.1, -0.05) is 35.3 Å². The molecule has 6 nitrogen and oxygen atoms in total. The Morgan fingerprint density at radius 1 is 1.24 bits per heavy atom. The van der Waals surface area contributed by atoms with Crippen LogP contribution >= 0.6 is 23.2 Å². The third-order valence-corrected chi connectivity index (χ3v) is 3.50. The molecule has 0 atom stereocenters. The number of anilines is 2. The highest BCUT2D eigenvalue weighted by molar-refractivity contribution is 6.38. The molecule has 0 aliphatic rings. The monoisotopic (exact) mass is 321 g/mol. The standard InChI is InChI=1S/C13H9Cl2N5O/c14-11-10(12(15)18-5-17-11)20-13(21)8-4-6-2-1-3-7(16)9(6)19-8/h1-5,19H,16H2,(H,20,21). The normalized spacial score (nSPS) is 10.8. The molecule has 0 spiro atoms. The van der Waals surface area contributed by atoms with Crippen LogP contribution in [0, 0.1) is 0 Å². The molecule has 0 aliphatic carbocycles. The van der Waals surface area contributed by atoms with E-state index in [9.17, 15) is 4.79 Å². The Labute approximate surface area is 129 Å². The number of para-hydroxylation sites is 1. The van der Waals surface area contributed by atoms with Crippen molar-refractivity contribution in [1.29, 1.82) is 0 Å². The maximum absolute atomic E-state index is 12.2. The van der Waals surface area contributed by atoms with Gasteiger partial charge in [0.05, 0.1) is 11.2 Å². The van der Waals surface area contributed by atoms with Crippen molar-refractivity contribution in [2.45, 2.75) is 0 Å².